The number of ether oxygens (including phenoxy) is 1. The van der Waals surface area contributed by atoms with E-state index in [0.717, 1.165) is 0 Å². The first-order chi connectivity index (χ1) is 14.3. The first kappa shape index (κ1) is 26.3. The molecule has 0 unspecified atom stereocenters. The molecule has 0 spiro atoms. The molecule has 0 aliphatic carbocycles. The van der Waals surface area contributed by atoms with Gasteiger partial charge in [-0.2, -0.15) is 0 Å². The topological polar surface area (TPSA) is 131 Å². The minimum atomic E-state index is -0.913. The van der Waals surface area contributed by atoms with Crippen molar-refractivity contribution in [1.29, 1.82) is 0 Å². The van der Waals surface area contributed by atoms with Crippen LogP contribution in [0.1, 0.15) is 6.92 Å². The van der Waals surface area contributed by atoms with Gasteiger partial charge >= 0.3 is 11.9 Å². The van der Waals surface area contributed by atoms with E-state index in [1.165, 1.54) is 18.7 Å². The normalized spacial score (nSPS) is 18.8. The molecular weight excluding hydrogens is 416 g/mol. The second-order valence-electron chi connectivity index (χ2n) is 7.03. The Morgan fingerprint density at radius 1 is 0.833 bits per heavy atom. The van der Waals surface area contributed by atoms with E-state index < -0.39 is 11.9 Å². The van der Waals surface area contributed by atoms with Gasteiger partial charge in [-0.3, -0.25) is 38.8 Å². The smallest absolute Gasteiger partial charge is 0.317 e. The van der Waals surface area contributed by atoms with Gasteiger partial charge in [0.2, 0.25) is 0 Å². The summed E-state index contributed by atoms with van der Waals surface area (Å²) in [6, 6.07) is 0. The van der Waals surface area contributed by atoms with Crippen molar-refractivity contribution < 1.29 is 34.1 Å². The van der Waals surface area contributed by atoms with Gasteiger partial charge in [0.25, 0.3) is 6.47 Å². The number of hydrogen-bond donors (Lipinski definition) is 2. The zero-order valence-corrected chi connectivity index (χ0v) is 18.2. The Balaban J connectivity index is 2.84. The zero-order chi connectivity index (χ0) is 22.4. The highest BCUT2D eigenvalue weighted by molar-refractivity contribution is 8.13. The van der Waals surface area contributed by atoms with E-state index in [9.17, 15) is 29.4 Å². The molecular formula is C18H32N4O7S. The summed E-state index contributed by atoms with van der Waals surface area (Å²) in [6.07, 6.45) is 0. The fourth-order valence-electron chi connectivity index (χ4n) is 3.08. The third kappa shape index (κ3) is 12.8. The van der Waals surface area contributed by atoms with Crippen LogP contribution in [0, 0.1) is 0 Å². The highest BCUT2D eigenvalue weighted by Crippen LogP contribution is 2.05. The number of nitrogens with zero attached hydrogens (tertiary/aromatic N) is 4. The Kier molecular flexibility index (Phi) is 13.3. The molecule has 11 nitrogen and oxygen atoms in total. The highest BCUT2D eigenvalue weighted by atomic mass is 32.2. The standard InChI is InChI=1S/C18H32N4O7S/c1-16(24)30-11-10-19-2-4-20(12-17(25)26)6-8-22(14-29-15-23)9-7-21(5-3-19)13-18(27)28/h15H,2-14H2,1H3,(H,25,26)(H,27,28). The summed E-state index contributed by atoms with van der Waals surface area (Å²) in [5.74, 6) is -1.20. The number of hydrogen-bond acceptors (Lipinski definition) is 10. The van der Waals surface area contributed by atoms with Crippen LogP contribution in [0.5, 0.6) is 0 Å². The van der Waals surface area contributed by atoms with Gasteiger partial charge < -0.3 is 14.9 Å². The van der Waals surface area contributed by atoms with Crippen molar-refractivity contribution in [2.45, 2.75) is 6.92 Å². The van der Waals surface area contributed by atoms with Gasteiger partial charge in [0.05, 0.1) is 13.1 Å². The summed E-state index contributed by atoms with van der Waals surface area (Å²) in [7, 11) is 0. The molecule has 1 aliphatic heterocycles. The lowest BCUT2D eigenvalue weighted by atomic mass is 10.3. The molecule has 0 amide bonds. The Hall–Kier alpha value is -1.73. The predicted octanol–water partition coefficient (Wildman–Crippen LogP) is -1.21. The van der Waals surface area contributed by atoms with Gasteiger partial charge in [0.15, 0.2) is 5.12 Å². The number of aliphatic carboxylic acids is 2. The van der Waals surface area contributed by atoms with E-state index in [-0.39, 0.29) is 24.9 Å². The molecule has 30 heavy (non-hydrogen) atoms. The van der Waals surface area contributed by atoms with Crippen LogP contribution in [-0.2, 0) is 23.9 Å². The van der Waals surface area contributed by atoms with Crippen LogP contribution < -0.4 is 0 Å². The third-order valence-corrected chi connectivity index (χ3v) is 5.48. The molecule has 0 aromatic carbocycles. The second-order valence-corrected chi connectivity index (χ2v) is 8.30. The van der Waals surface area contributed by atoms with Crippen molar-refractivity contribution in [2.24, 2.45) is 0 Å². The van der Waals surface area contributed by atoms with Gasteiger partial charge in [0.1, 0.15) is 6.73 Å². The minimum Gasteiger partial charge on any atom is -0.480 e. The monoisotopic (exact) mass is 448 g/mol. The van der Waals surface area contributed by atoms with E-state index in [1.54, 1.807) is 0 Å². The molecule has 172 valence electrons. The molecule has 0 saturated carbocycles. The number of thioether (sulfide) groups is 1. The molecule has 0 bridgehead atoms. The predicted molar refractivity (Wildman–Crippen MR) is 111 cm³/mol. The van der Waals surface area contributed by atoms with E-state index in [0.29, 0.717) is 71.1 Å². The molecule has 1 heterocycles. The maximum absolute atomic E-state index is 11.2. The van der Waals surface area contributed by atoms with Crippen LogP contribution in [0.4, 0.5) is 0 Å². The summed E-state index contributed by atoms with van der Waals surface area (Å²) >= 11 is 1.24. The largest absolute Gasteiger partial charge is 0.480 e. The molecule has 12 heteroatoms. The van der Waals surface area contributed by atoms with E-state index in [1.807, 2.05) is 14.7 Å². The second kappa shape index (κ2) is 15.1. The van der Waals surface area contributed by atoms with Crippen LogP contribution in [0.2, 0.25) is 0 Å². The van der Waals surface area contributed by atoms with Gasteiger partial charge in [-0.05, 0) is 0 Å². The Morgan fingerprint density at radius 2 is 1.27 bits per heavy atom. The SMILES string of the molecule is CC(=O)SCCN1CCN(CC(=O)O)CCN(COC=O)CCN(CC(=O)O)CC1. The first-order valence-corrected chi connectivity index (χ1v) is 10.8. The van der Waals surface area contributed by atoms with E-state index in [4.69, 9.17) is 4.74 Å². The van der Waals surface area contributed by atoms with Crippen LogP contribution >= 0.6 is 11.8 Å². The molecule has 1 saturated heterocycles. The lowest BCUT2D eigenvalue weighted by molar-refractivity contribution is -0.139. The molecule has 1 aliphatic rings. The van der Waals surface area contributed by atoms with Crippen molar-refractivity contribution in [2.75, 3.05) is 84.5 Å². The van der Waals surface area contributed by atoms with Gasteiger partial charge in [-0.25, -0.2) is 0 Å². The van der Waals surface area contributed by atoms with E-state index >= 15 is 0 Å². The number of carboxylic acid groups (broad SMARTS) is 2. The van der Waals surface area contributed by atoms with Crippen molar-refractivity contribution in [3.63, 3.8) is 0 Å². The highest BCUT2D eigenvalue weighted by Gasteiger charge is 2.19. The lowest BCUT2D eigenvalue weighted by Crippen LogP contribution is -2.48. The summed E-state index contributed by atoms with van der Waals surface area (Å²) in [5, 5.41) is 18.5. The number of rotatable bonds is 10. The van der Waals surface area contributed by atoms with Gasteiger partial charge in [-0.1, -0.05) is 11.8 Å². The molecule has 1 rings (SSSR count). The molecule has 0 radical (unpaired) electrons. The number of carboxylic acids is 2. The number of carbonyl (C=O) groups is 4. The number of carbonyl (C=O) groups excluding carboxylic acids is 2. The zero-order valence-electron chi connectivity index (χ0n) is 17.4. The van der Waals surface area contributed by atoms with Crippen molar-refractivity contribution in [3.05, 3.63) is 0 Å². The van der Waals surface area contributed by atoms with Crippen LogP contribution in [-0.4, -0.2) is 138 Å². The summed E-state index contributed by atoms with van der Waals surface area (Å²) in [4.78, 5) is 51.9. The lowest BCUT2D eigenvalue weighted by Gasteiger charge is -2.33. The third-order valence-electron chi connectivity index (χ3n) is 4.69. The van der Waals surface area contributed by atoms with Gasteiger partial charge in [-0.15, -0.1) is 0 Å². The average Bonchev–Trinajstić information content (AvgIpc) is 2.65. The fourth-order valence-corrected chi connectivity index (χ4v) is 3.72. The maximum Gasteiger partial charge on any atom is 0.317 e. The quantitative estimate of drug-likeness (QED) is 0.389. The van der Waals surface area contributed by atoms with E-state index in [2.05, 4.69) is 4.90 Å². The van der Waals surface area contributed by atoms with Crippen molar-refractivity contribution in [3.8, 4) is 0 Å². The molecule has 0 aromatic heterocycles. The first-order valence-electron chi connectivity index (χ1n) is 9.81. The summed E-state index contributed by atoms with van der Waals surface area (Å²) in [5.41, 5.74) is 0. The molecule has 1 fully saturated rings. The Morgan fingerprint density at radius 3 is 1.67 bits per heavy atom. The Labute approximate surface area is 180 Å². The maximum atomic E-state index is 11.2. The van der Waals surface area contributed by atoms with Crippen LogP contribution in [0.25, 0.3) is 0 Å². The van der Waals surface area contributed by atoms with Crippen molar-refractivity contribution in [1.82, 2.24) is 19.6 Å². The summed E-state index contributed by atoms with van der Waals surface area (Å²) in [6.45, 7) is 6.61. The molecule has 0 aromatic rings. The fraction of sp³-hybridized carbons (Fsp3) is 0.778. The molecule has 0 atom stereocenters. The minimum absolute atomic E-state index is 0.0435. The average molecular weight is 449 g/mol. The van der Waals surface area contributed by atoms with Crippen molar-refractivity contribution >= 4 is 35.3 Å². The van der Waals surface area contributed by atoms with Crippen LogP contribution in [0.3, 0.4) is 0 Å². The molecule has 2 N–H and O–H groups in total. The van der Waals surface area contributed by atoms with Gasteiger partial charge in [0, 0.05) is 71.6 Å². The van der Waals surface area contributed by atoms with Crippen LogP contribution in [0.15, 0.2) is 0 Å². The summed E-state index contributed by atoms with van der Waals surface area (Å²) < 4.78 is 4.85. The Bertz CT molecular complexity index is 535.